The average molecular weight is 287 g/mol. The third-order valence-electron chi connectivity index (χ3n) is 2.71. The molecule has 0 spiro atoms. The van der Waals surface area contributed by atoms with Crippen molar-refractivity contribution in [2.75, 3.05) is 6.16 Å². The van der Waals surface area contributed by atoms with Crippen LogP contribution in [-0.4, -0.2) is 36.9 Å². The van der Waals surface area contributed by atoms with Crippen molar-refractivity contribution in [3.63, 3.8) is 0 Å². The Morgan fingerprint density at radius 3 is 1.94 bits per heavy atom. The molecule has 0 aromatic rings. The SMILES string of the molecule is O=C(CP(=O)(O)O)NC1(P(=O)(O)O)CCCC1. The first-order valence-corrected chi connectivity index (χ1v) is 8.38. The summed E-state index contributed by atoms with van der Waals surface area (Å²) in [6.07, 6.45) is 0.283. The molecule has 1 fully saturated rings. The molecular weight excluding hydrogens is 272 g/mol. The Bertz CT molecular complexity index is 391. The maximum atomic E-state index is 11.3. The second-order valence-electron chi connectivity index (χ2n) is 4.15. The van der Waals surface area contributed by atoms with Crippen LogP contribution < -0.4 is 5.32 Å². The van der Waals surface area contributed by atoms with Gasteiger partial charge in [-0.15, -0.1) is 0 Å². The van der Waals surface area contributed by atoms with Crippen LogP contribution in [0.15, 0.2) is 0 Å². The molecule has 1 aliphatic rings. The van der Waals surface area contributed by atoms with Crippen LogP contribution >= 0.6 is 15.2 Å². The molecule has 8 nitrogen and oxygen atoms in total. The van der Waals surface area contributed by atoms with Gasteiger partial charge < -0.3 is 24.9 Å². The lowest BCUT2D eigenvalue weighted by molar-refractivity contribution is -0.120. The molecule has 17 heavy (non-hydrogen) atoms. The van der Waals surface area contributed by atoms with E-state index in [4.69, 9.17) is 9.79 Å². The lowest BCUT2D eigenvalue weighted by Gasteiger charge is -2.30. The average Bonchev–Trinajstić information content (AvgIpc) is 2.48. The van der Waals surface area contributed by atoms with Crippen LogP contribution in [0.1, 0.15) is 25.7 Å². The van der Waals surface area contributed by atoms with E-state index in [9.17, 15) is 23.7 Å². The molecule has 0 aliphatic heterocycles. The topological polar surface area (TPSA) is 144 Å². The summed E-state index contributed by atoms with van der Waals surface area (Å²) in [5.74, 6) is -1.04. The Morgan fingerprint density at radius 1 is 1.12 bits per heavy atom. The van der Waals surface area contributed by atoms with E-state index in [-0.39, 0.29) is 12.8 Å². The smallest absolute Gasteiger partial charge is 0.339 e. The third kappa shape index (κ3) is 3.88. The predicted octanol–water partition coefficient (Wildman–Crippen LogP) is -0.272. The van der Waals surface area contributed by atoms with Crippen LogP contribution in [-0.2, 0) is 13.9 Å². The zero-order valence-electron chi connectivity index (χ0n) is 8.94. The number of hydrogen-bond donors (Lipinski definition) is 5. The van der Waals surface area contributed by atoms with Gasteiger partial charge >= 0.3 is 15.2 Å². The van der Waals surface area contributed by atoms with Gasteiger partial charge in [-0.25, -0.2) is 0 Å². The highest BCUT2D eigenvalue weighted by atomic mass is 31.2. The van der Waals surface area contributed by atoms with Crippen LogP contribution in [0.2, 0.25) is 0 Å². The van der Waals surface area contributed by atoms with Crippen LogP contribution in [0.4, 0.5) is 0 Å². The molecule has 0 saturated heterocycles. The van der Waals surface area contributed by atoms with Crippen LogP contribution in [0.25, 0.3) is 0 Å². The fraction of sp³-hybridized carbons (Fsp3) is 0.857. The van der Waals surface area contributed by atoms with Crippen LogP contribution in [0.3, 0.4) is 0 Å². The van der Waals surface area contributed by atoms with E-state index in [0.29, 0.717) is 12.8 Å². The van der Waals surface area contributed by atoms with E-state index < -0.39 is 32.5 Å². The number of carbonyl (C=O) groups is 1. The third-order valence-corrected chi connectivity index (χ3v) is 5.08. The van der Waals surface area contributed by atoms with Gasteiger partial charge in [-0.2, -0.15) is 0 Å². The second-order valence-corrected chi connectivity index (χ2v) is 7.74. The predicted molar refractivity (Wildman–Crippen MR) is 58.3 cm³/mol. The van der Waals surface area contributed by atoms with Gasteiger partial charge in [-0.1, -0.05) is 12.8 Å². The van der Waals surface area contributed by atoms with Gasteiger partial charge in [0.05, 0.1) is 0 Å². The standard InChI is InChI=1S/C7H15NO7P2/c9-6(5-16(10,11)12)8-7(17(13,14)15)3-1-2-4-7/h1-5H2,(H,8,9)(H2,10,11,12)(H2,13,14,15). The van der Waals surface area contributed by atoms with Crippen molar-refractivity contribution in [3.8, 4) is 0 Å². The van der Waals surface area contributed by atoms with E-state index >= 15 is 0 Å². The summed E-state index contributed by atoms with van der Waals surface area (Å²) in [6.45, 7) is 0. The first kappa shape index (κ1) is 14.8. The van der Waals surface area contributed by atoms with Crippen molar-refractivity contribution >= 4 is 21.1 Å². The summed E-state index contributed by atoms with van der Waals surface area (Å²) in [7, 11) is -9.07. The Balaban J connectivity index is 2.79. The van der Waals surface area contributed by atoms with Gasteiger partial charge in [0.25, 0.3) is 0 Å². The van der Waals surface area contributed by atoms with Gasteiger partial charge in [-0.05, 0) is 12.8 Å². The molecule has 0 aromatic carbocycles. The summed E-state index contributed by atoms with van der Waals surface area (Å²) in [5.41, 5.74) is 0. The van der Waals surface area contributed by atoms with Crippen molar-refractivity contribution in [1.82, 2.24) is 5.32 Å². The number of carbonyl (C=O) groups excluding carboxylic acids is 1. The lowest BCUT2D eigenvalue weighted by Crippen LogP contribution is -2.47. The van der Waals surface area contributed by atoms with Gasteiger partial charge in [0.1, 0.15) is 11.4 Å². The van der Waals surface area contributed by atoms with E-state index in [2.05, 4.69) is 5.32 Å². The van der Waals surface area contributed by atoms with Crippen molar-refractivity contribution in [1.29, 1.82) is 0 Å². The molecule has 0 heterocycles. The molecule has 10 heteroatoms. The Labute approximate surface area is 97.7 Å². The highest BCUT2D eigenvalue weighted by Gasteiger charge is 2.50. The van der Waals surface area contributed by atoms with Crippen molar-refractivity contribution in [2.45, 2.75) is 31.0 Å². The summed E-state index contributed by atoms with van der Waals surface area (Å²) in [5, 5.41) is 0.441. The summed E-state index contributed by atoms with van der Waals surface area (Å²) in [6, 6.07) is 0. The molecule has 0 atom stereocenters. The van der Waals surface area contributed by atoms with Crippen LogP contribution in [0.5, 0.6) is 0 Å². The molecule has 100 valence electrons. The number of nitrogens with one attached hydrogen (secondary N) is 1. The van der Waals surface area contributed by atoms with E-state index in [1.54, 1.807) is 0 Å². The molecule has 1 aliphatic carbocycles. The van der Waals surface area contributed by atoms with Crippen molar-refractivity contribution in [2.24, 2.45) is 0 Å². The number of hydrogen-bond acceptors (Lipinski definition) is 3. The minimum absolute atomic E-state index is 0.115. The van der Waals surface area contributed by atoms with Gasteiger partial charge in [0.15, 0.2) is 0 Å². The minimum Gasteiger partial charge on any atom is -0.339 e. The Morgan fingerprint density at radius 2 is 1.59 bits per heavy atom. The van der Waals surface area contributed by atoms with Crippen LogP contribution in [0, 0.1) is 0 Å². The normalized spacial score (nSPS) is 20.2. The fourth-order valence-electron chi connectivity index (χ4n) is 1.94. The number of amides is 1. The fourth-order valence-corrected chi connectivity index (χ4v) is 3.56. The summed E-state index contributed by atoms with van der Waals surface area (Å²) < 4.78 is 22.0. The highest BCUT2D eigenvalue weighted by Crippen LogP contribution is 2.57. The van der Waals surface area contributed by atoms with Gasteiger partial charge in [0, 0.05) is 0 Å². The molecule has 1 saturated carbocycles. The van der Waals surface area contributed by atoms with Crippen molar-refractivity contribution in [3.05, 3.63) is 0 Å². The first-order chi connectivity index (χ1) is 7.56. The van der Waals surface area contributed by atoms with E-state index in [1.807, 2.05) is 0 Å². The maximum Gasteiger partial charge on any atom is 0.350 e. The minimum atomic E-state index is -4.55. The summed E-state index contributed by atoms with van der Waals surface area (Å²) >= 11 is 0. The Kier molecular flexibility index (Phi) is 4.19. The van der Waals surface area contributed by atoms with E-state index in [0.717, 1.165) is 0 Å². The molecule has 0 unspecified atom stereocenters. The molecule has 5 N–H and O–H groups in total. The molecule has 1 rings (SSSR count). The monoisotopic (exact) mass is 287 g/mol. The number of rotatable bonds is 4. The zero-order chi connectivity index (χ0) is 13.3. The van der Waals surface area contributed by atoms with Gasteiger partial charge in [0.2, 0.25) is 5.91 Å². The quantitative estimate of drug-likeness (QED) is 0.447. The highest BCUT2D eigenvalue weighted by molar-refractivity contribution is 7.54. The Hall–Kier alpha value is -0.230. The van der Waals surface area contributed by atoms with E-state index in [1.165, 1.54) is 0 Å². The largest absolute Gasteiger partial charge is 0.350 e. The first-order valence-electron chi connectivity index (χ1n) is 4.97. The maximum absolute atomic E-state index is 11.3. The molecule has 0 aromatic heterocycles. The zero-order valence-corrected chi connectivity index (χ0v) is 10.7. The summed E-state index contributed by atoms with van der Waals surface area (Å²) in [4.78, 5) is 47.0. The van der Waals surface area contributed by atoms with Crippen molar-refractivity contribution < 1.29 is 33.5 Å². The van der Waals surface area contributed by atoms with Gasteiger partial charge in [-0.3, -0.25) is 13.9 Å². The second kappa shape index (κ2) is 4.80. The molecular formula is C7H15NO7P2. The molecule has 0 bridgehead atoms. The molecule has 1 amide bonds. The molecule has 0 radical (unpaired) electrons. The lowest BCUT2D eigenvalue weighted by atomic mass is 10.2.